The number of nitrogens with zero attached hydrogens (tertiary/aromatic N) is 2. The zero-order valence-corrected chi connectivity index (χ0v) is 10.9. The highest BCUT2D eigenvalue weighted by atomic mass is 16.6. The monoisotopic (exact) mass is 266 g/mol. The third-order valence-electron chi connectivity index (χ3n) is 2.83. The Morgan fingerprint density at radius 3 is 2.79 bits per heavy atom. The Balaban J connectivity index is 2.71. The number of hydrogen-bond acceptors (Lipinski definition) is 5. The molecular weight excluding hydrogens is 248 g/mol. The predicted molar refractivity (Wildman–Crippen MR) is 71.2 cm³/mol. The maximum Gasteiger partial charge on any atom is 0.270 e. The van der Waals surface area contributed by atoms with Gasteiger partial charge in [-0.2, -0.15) is 0 Å². The lowest BCUT2D eigenvalue weighted by atomic mass is 10.1. The van der Waals surface area contributed by atoms with Crippen molar-refractivity contribution in [3.63, 3.8) is 0 Å². The van der Waals surface area contributed by atoms with Crippen LogP contribution >= 0.6 is 0 Å². The second-order valence-electron chi connectivity index (χ2n) is 4.18. The van der Waals surface area contributed by atoms with Gasteiger partial charge in [0.05, 0.1) is 11.5 Å². The van der Waals surface area contributed by atoms with Crippen LogP contribution in [0.1, 0.15) is 23.7 Å². The first kappa shape index (κ1) is 15.3. The first-order valence-electron chi connectivity index (χ1n) is 6.19. The number of aliphatic hydroxyl groups excluding tert-OH is 1. The molecule has 0 unspecified atom stereocenters. The van der Waals surface area contributed by atoms with Crippen molar-refractivity contribution < 1.29 is 14.8 Å². The Bertz CT molecular complexity index is 448. The van der Waals surface area contributed by atoms with E-state index >= 15 is 0 Å². The molecule has 1 rings (SSSR count). The molecular formula is C13H18N2O4. The van der Waals surface area contributed by atoms with E-state index in [1.165, 1.54) is 18.2 Å². The van der Waals surface area contributed by atoms with Crippen molar-refractivity contribution in [2.45, 2.75) is 13.3 Å². The van der Waals surface area contributed by atoms with Crippen LogP contribution in [0.4, 0.5) is 5.69 Å². The van der Waals surface area contributed by atoms with E-state index in [1.54, 1.807) is 6.07 Å². The zero-order valence-electron chi connectivity index (χ0n) is 10.9. The van der Waals surface area contributed by atoms with Crippen molar-refractivity contribution in [3.8, 4) is 0 Å². The molecule has 19 heavy (non-hydrogen) atoms. The molecule has 0 aliphatic carbocycles. The van der Waals surface area contributed by atoms with Crippen LogP contribution in [0, 0.1) is 10.1 Å². The predicted octanol–water partition coefficient (Wildman–Crippen LogP) is 1.48. The molecule has 0 bridgehead atoms. The lowest BCUT2D eigenvalue weighted by Crippen LogP contribution is -2.31. The number of hydrogen-bond donors (Lipinski definition) is 1. The van der Waals surface area contributed by atoms with Gasteiger partial charge in [-0.1, -0.05) is 19.1 Å². The van der Waals surface area contributed by atoms with E-state index < -0.39 is 4.92 Å². The largest absolute Gasteiger partial charge is 0.396 e. The molecule has 1 N–H and O–H groups in total. The normalized spacial score (nSPS) is 10.7. The van der Waals surface area contributed by atoms with Crippen LogP contribution in [0.3, 0.4) is 0 Å². The third kappa shape index (κ3) is 4.76. The van der Waals surface area contributed by atoms with Gasteiger partial charge in [0.2, 0.25) is 0 Å². The number of nitro benzene ring substituents is 1. The molecule has 0 saturated heterocycles. The molecule has 0 spiro atoms. The highest BCUT2D eigenvalue weighted by molar-refractivity contribution is 5.98. The maximum atomic E-state index is 12.0. The Labute approximate surface area is 111 Å². The number of rotatable bonds is 8. The minimum absolute atomic E-state index is 0.0794. The maximum absolute atomic E-state index is 12.0. The SMILES string of the molecule is CCN(CCCO)CC(=O)c1cccc([N+](=O)[O-])c1. The van der Waals surface area contributed by atoms with E-state index in [-0.39, 0.29) is 24.6 Å². The van der Waals surface area contributed by atoms with Crippen LogP contribution in [0.25, 0.3) is 0 Å². The summed E-state index contributed by atoms with van der Waals surface area (Å²) in [6, 6.07) is 5.74. The molecule has 104 valence electrons. The lowest BCUT2D eigenvalue weighted by molar-refractivity contribution is -0.384. The van der Waals surface area contributed by atoms with Gasteiger partial charge in [0.25, 0.3) is 5.69 Å². The van der Waals surface area contributed by atoms with E-state index in [4.69, 9.17) is 5.11 Å². The smallest absolute Gasteiger partial charge is 0.270 e. The Kier molecular flexibility index (Phi) is 6.11. The fourth-order valence-corrected chi connectivity index (χ4v) is 1.73. The molecule has 0 saturated carbocycles. The molecule has 0 fully saturated rings. The van der Waals surface area contributed by atoms with Gasteiger partial charge in [-0.15, -0.1) is 0 Å². The second-order valence-corrected chi connectivity index (χ2v) is 4.18. The Morgan fingerprint density at radius 1 is 1.47 bits per heavy atom. The Hall–Kier alpha value is -1.79. The van der Waals surface area contributed by atoms with Crippen molar-refractivity contribution in [2.24, 2.45) is 0 Å². The molecule has 0 amide bonds. The number of Topliss-reactive ketones (excluding diaryl/α,β-unsaturated/α-hetero) is 1. The minimum Gasteiger partial charge on any atom is -0.396 e. The van der Waals surface area contributed by atoms with Crippen LogP contribution in [0.5, 0.6) is 0 Å². The first-order chi connectivity index (χ1) is 9.08. The van der Waals surface area contributed by atoms with Crippen LogP contribution in [0.15, 0.2) is 24.3 Å². The number of likely N-dealkylation sites (N-methyl/N-ethyl adjacent to an activating group) is 1. The van der Waals surface area contributed by atoms with E-state index in [2.05, 4.69) is 0 Å². The summed E-state index contributed by atoms with van der Waals surface area (Å²) in [5.74, 6) is -0.150. The Morgan fingerprint density at radius 2 is 2.21 bits per heavy atom. The van der Waals surface area contributed by atoms with Crippen molar-refractivity contribution in [1.29, 1.82) is 0 Å². The van der Waals surface area contributed by atoms with Gasteiger partial charge in [0.15, 0.2) is 5.78 Å². The number of nitro groups is 1. The molecule has 0 atom stereocenters. The first-order valence-corrected chi connectivity index (χ1v) is 6.19. The number of benzene rings is 1. The summed E-state index contributed by atoms with van der Waals surface area (Å²) in [6.45, 7) is 3.55. The van der Waals surface area contributed by atoms with Crippen LogP contribution < -0.4 is 0 Å². The summed E-state index contributed by atoms with van der Waals surface area (Å²) in [7, 11) is 0. The number of carbonyl (C=O) groups excluding carboxylic acids is 1. The quantitative estimate of drug-likeness (QED) is 0.438. The van der Waals surface area contributed by atoms with Crippen LogP contribution in [0.2, 0.25) is 0 Å². The summed E-state index contributed by atoms with van der Waals surface area (Å²) >= 11 is 0. The number of carbonyl (C=O) groups is 1. The molecule has 0 aromatic heterocycles. The van der Waals surface area contributed by atoms with Gasteiger partial charge >= 0.3 is 0 Å². The fraction of sp³-hybridized carbons (Fsp3) is 0.462. The summed E-state index contributed by atoms with van der Waals surface area (Å²) in [5.41, 5.74) is 0.265. The van der Waals surface area contributed by atoms with Crippen molar-refractivity contribution in [1.82, 2.24) is 4.90 Å². The molecule has 0 aliphatic heterocycles. The minimum atomic E-state index is -0.514. The molecule has 0 radical (unpaired) electrons. The molecule has 6 nitrogen and oxygen atoms in total. The fourth-order valence-electron chi connectivity index (χ4n) is 1.73. The van der Waals surface area contributed by atoms with Crippen LogP contribution in [-0.2, 0) is 0 Å². The van der Waals surface area contributed by atoms with Gasteiger partial charge < -0.3 is 5.11 Å². The van der Waals surface area contributed by atoms with Crippen molar-refractivity contribution in [2.75, 3.05) is 26.2 Å². The van der Waals surface area contributed by atoms with Gasteiger partial charge in [0, 0.05) is 30.8 Å². The lowest BCUT2D eigenvalue weighted by Gasteiger charge is -2.18. The number of non-ortho nitro benzene ring substituents is 1. The number of ketones is 1. The van der Waals surface area contributed by atoms with Crippen molar-refractivity contribution >= 4 is 11.5 Å². The van der Waals surface area contributed by atoms with Gasteiger partial charge in [-0.3, -0.25) is 19.8 Å². The summed E-state index contributed by atoms with van der Waals surface area (Å²) in [6.07, 6.45) is 0.607. The molecule has 1 aromatic rings. The van der Waals surface area contributed by atoms with Gasteiger partial charge in [-0.25, -0.2) is 0 Å². The van der Waals surface area contributed by atoms with E-state index in [0.717, 1.165) is 0 Å². The molecule has 6 heteroatoms. The van der Waals surface area contributed by atoms with E-state index in [1.807, 2.05) is 11.8 Å². The van der Waals surface area contributed by atoms with Crippen LogP contribution in [-0.4, -0.2) is 47.0 Å². The average Bonchev–Trinajstić information content (AvgIpc) is 2.43. The highest BCUT2D eigenvalue weighted by Crippen LogP contribution is 2.14. The summed E-state index contributed by atoms with van der Waals surface area (Å²) in [5, 5.41) is 19.4. The molecule has 0 aliphatic rings. The zero-order chi connectivity index (χ0) is 14.3. The van der Waals surface area contributed by atoms with E-state index in [9.17, 15) is 14.9 Å². The number of aliphatic hydroxyl groups is 1. The average molecular weight is 266 g/mol. The topological polar surface area (TPSA) is 83.7 Å². The third-order valence-corrected chi connectivity index (χ3v) is 2.83. The van der Waals surface area contributed by atoms with Gasteiger partial charge in [-0.05, 0) is 13.0 Å². The summed E-state index contributed by atoms with van der Waals surface area (Å²) < 4.78 is 0. The van der Waals surface area contributed by atoms with Gasteiger partial charge in [0.1, 0.15) is 0 Å². The molecule has 1 aromatic carbocycles. The van der Waals surface area contributed by atoms with E-state index in [0.29, 0.717) is 25.1 Å². The highest BCUT2D eigenvalue weighted by Gasteiger charge is 2.14. The molecule has 0 heterocycles. The summed E-state index contributed by atoms with van der Waals surface area (Å²) in [4.78, 5) is 24.1. The standard InChI is InChI=1S/C13H18N2O4/c1-2-14(7-4-8-16)10-13(17)11-5-3-6-12(9-11)15(18)19/h3,5-6,9,16H,2,4,7-8,10H2,1H3. The second kappa shape index (κ2) is 7.60. The van der Waals surface area contributed by atoms with Crippen molar-refractivity contribution in [3.05, 3.63) is 39.9 Å².